The molecule has 1 saturated carbocycles. The highest BCUT2D eigenvalue weighted by Gasteiger charge is 2.43. The number of piperazine rings is 1. The Balaban J connectivity index is 1.84. The molecular weight excluding hydrogens is 312 g/mol. The molecule has 1 amide bonds. The molecule has 7 nitrogen and oxygen atoms in total. The minimum atomic E-state index is -1.43. The Labute approximate surface area is 139 Å². The van der Waals surface area contributed by atoms with E-state index in [0.29, 0.717) is 5.56 Å². The number of nitrogens with zero attached hydrogens (tertiary/aromatic N) is 1. The van der Waals surface area contributed by atoms with Gasteiger partial charge in [-0.15, -0.1) is 0 Å². The van der Waals surface area contributed by atoms with Crippen molar-refractivity contribution in [1.82, 2.24) is 10.2 Å². The van der Waals surface area contributed by atoms with Gasteiger partial charge in [0, 0.05) is 18.7 Å². The number of carbonyl (C=O) groups is 3. The molecule has 128 valence electrons. The molecule has 2 fully saturated rings. The average molecular weight is 332 g/mol. The molecule has 1 saturated heterocycles. The van der Waals surface area contributed by atoms with Gasteiger partial charge in [-0.25, -0.2) is 4.79 Å². The number of carboxylic acids is 2. The molecule has 0 bridgehead atoms. The molecule has 1 aliphatic carbocycles. The van der Waals surface area contributed by atoms with Gasteiger partial charge in [0.2, 0.25) is 0 Å². The van der Waals surface area contributed by atoms with Crippen molar-refractivity contribution in [2.45, 2.75) is 37.3 Å². The summed E-state index contributed by atoms with van der Waals surface area (Å²) >= 11 is 0. The van der Waals surface area contributed by atoms with Gasteiger partial charge >= 0.3 is 11.9 Å². The van der Waals surface area contributed by atoms with Gasteiger partial charge in [0.05, 0.1) is 0 Å². The molecule has 1 aromatic rings. The molecule has 1 aliphatic heterocycles. The molecule has 3 N–H and O–H groups in total. The predicted octanol–water partition coefficient (Wildman–Crippen LogP) is 0.690. The molecule has 0 radical (unpaired) electrons. The van der Waals surface area contributed by atoms with Crippen LogP contribution in [0, 0.1) is 0 Å². The van der Waals surface area contributed by atoms with Crippen LogP contribution in [-0.4, -0.2) is 58.1 Å². The van der Waals surface area contributed by atoms with E-state index in [0.717, 1.165) is 23.3 Å². The second kappa shape index (κ2) is 5.90. The maximum atomic E-state index is 12.7. The Morgan fingerprint density at radius 2 is 1.75 bits per heavy atom. The number of aliphatic carboxylic acids is 2. The van der Waals surface area contributed by atoms with E-state index in [1.165, 1.54) is 0 Å². The van der Waals surface area contributed by atoms with Crippen LogP contribution in [0.2, 0.25) is 0 Å². The highest BCUT2D eigenvalue weighted by molar-refractivity contribution is 5.98. The molecular formula is C17H20N2O5. The van der Waals surface area contributed by atoms with E-state index in [9.17, 15) is 24.6 Å². The Morgan fingerprint density at radius 3 is 2.25 bits per heavy atom. The molecule has 2 atom stereocenters. The van der Waals surface area contributed by atoms with Crippen molar-refractivity contribution in [3.8, 4) is 0 Å². The third-order valence-corrected chi connectivity index (χ3v) is 4.98. The topological polar surface area (TPSA) is 107 Å². The highest BCUT2D eigenvalue weighted by atomic mass is 16.4. The van der Waals surface area contributed by atoms with E-state index in [1.54, 1.807) is 12.1 Å². The zero-order valence-corrected chi connectivity index (χ0v) is 13.4. The molecule has 0 spiro atoms. The number of carbonyl (C=O) groups excluding carboxylic acids is 1. The lowest BCUT2D eigenvalue weighted by atomic mass is 9.96. The summed E-state index contributed by atoms with van der Waals surface area (Å²) in [6.07, 6.45) is 2.25. The summed E-state index contributed by atoms with van der Waals surface area (Å²) in [7, 11) is 0. The summed E-state index contributed by atoms with van der Waals surface area (Å²) in [5.74, 6) is -3.07. The van der Waals surface area contributed by atoms with E-state index in [4.69, 9.17) is 0 Å². The minimum Gasteiger partial charge on any atom is -0.480 e. The van der Waals surface area contributed by atoms with Crippen LogP contribution in [0.1, 0.15) is 35.7 Å². The van der Waals surface area contributed by atoms with Crippen LogP contribution in [0.15, 0.2) is 24.3 Å². The molecule has 2 unspecified atom stereocenters. The first-order valence-electron chi connectivity index (χ1n) is 7.94. The minimum absolute atomic E-state index is 0.152. The first kappa shape index (κ1) is 16.4. The quantitative estimate of drug-likeness (QED) is 0.749. The summed E-state index contributed by atoms with van der Waals surface area (Å²) in [5.41, 5.74) is 1.73. The number of amides is 1. The van der Waals surface area contributed by atoms with Gasteiger partial charge in [0.15, 0.2) is 6.04 Å². The summed E-state index contributed by atoms with van der Waals surface area (Å²) in [5, 5.41) is 21.2. The lowest BCUT2D eigenvalue weighted by molar-refractivity contribution is -0.152. The van der Waals surface area contributed by atoms with Gasteiger partial charge in [-0.05, 0) is 36.0 Å². The van der Waals surface area contributed by atoms with Gasteiger partial charge in [0.1, 0.15) is 6.04 Å². The van der Waals surface area contributed by atoms with Crippen molar-refractivity contribution in [2.24, 2.45) is 0 Å². The third kappa shape index (κ3) is 2.87. The van der Waals surface area contributed by atoms with Gasteiger partial charge in [-0.3, -0.25) is 9.59 Å². The second-order valence-corrected chi connectivity index (χ2v) is 6.69. The number of hydrogen-bond acceptors (Lipinski definition) is 4. The van der Waals surface area contributed by atoms with E-state index in [1.807, 2.05) is 12.1 Å². The predicted molar refractivity (Wildman–Crippen MR) is 84.9 cm³/mol. The van der Waals surface area contributed by atoms with Gasteiger partial charge < -0.3 is 20.4 Å². The zero-order valence-electron chi connectivity index (χ0n) is 13.4. The van der Waals surface area contributed by atoms with Crippen LogP contribution in [0.3, 0.4) is 0 Å². The fourth-order valence-electron chi connectivity index (χ4n) is 3.15. The molecule has 1 aromatic carbocycles. The average Bonchev–Trinajstić information content (AvgIpc) is 3.32. The van der Waals surface area contributed by atoms with Crippen molar-refractivity contribution < 1.29 is 24.6 Å². The fourth-order valence-corrected chi connectivity index (χ4v) is 3.15. The SMILES string of the molecule is CC1(c2ccc(C(=O)N3CCNC(C(=O)O)C3C(=O)O)cc2)CC1. The number of carboxylic acid groups (broad SMARTS) is 2. The first-order valence-corrected chi connectivity index (χ1v) is 7.94. The molecule has 1 heterocycles. The van der Waals surface area contributed by atoms with Crippen molar-refractivity contribution in [2.75, 3.05) is 13.1 Å². The highest BCUT2D eigenvalue weighted by Crippen LogP contribution is 2.47. The van der Waals surface area contributed by atoms with Crippen LogP contribution >= 0.6 is 0 Å². The monoisotopic (exact) mass is 332 g/mol. The standard InChI is InChI=1S/C17H20N2O5/c1-17(6-7-17)11-4-2-10(3-5-11)14(20)19-9-8-18-12(15(21)22)13(19)16(23)24/h2-5,12-13,18H,6-9H2,1H3,(H,21,22)(H,23,24). The lowest BCUT2D eigenvalue weighted by Crippen LogP contribution is -2.65. The molecule has 2 aliphatic rings. The van der Waals surface area contributed by atoms with E-state index >= 15 is 0 Å². The van der Waals surface area contributed by atoms with Crippen molar-refractivity contribution in [3.05, 3.63) is 35.4 Å². The third-order valence-electron chi connectivity index (χ3n) is 4.98. The van der Waals surface area contributed by atoms with Gasteiger partial charge in [-0.2, -0.15) is 0 Å². The van der Waals surface area contributed by atoms with Crippen molar-refractivity contribution in [3.63, 3.8) is 0 Å². The van der Waals surface area contributed by atoms with Crippen LogP contribution in [0.4, 0.5) is 0 Å². The summed E-state index contributed by atoms with van der Waals surface area (Å²) in [6.45, 7) is 2.56. The number of benzene rings is 1. The zero-order chi connectivity index (χ0) is 17.5. The maximum absolute atomic E-state index is 12.7. The summed E-state index contributed by atoms with van der Waals surface area (Å²) in [6, 6.07) is 4.43. The van der Waals surface area contributed by atoms with Crippen LogP contribution < -0.4 is 5.32 Å². The molecule has 24 heavy (non-hydrogen) atoms. The lowest BCUT2D eigenvalue weighted by Gasteiger charge is -2.37. The number of nitrogens with one attached hydrogen (secondary N) is 1. The van der Waals surface area contributed by atoms with E-state index in [2.05, 4.69) is 12.2 Å². The molecule has 3 rings (SSSR count). The van der Waals surface area contributed by atoms with Crippen molar-refractivity contribution >= 4 is 17.8 Å². The van der Waals surface area contributed by atoms with Crippen LogP contribution in [0.5, 0.6) is 0 Å². The fraction of sp³-hybridized carbons (Fsp3) is 0.471. The van der Waals surface area contributed by atoms with E-state index in [-0.39, 0.29) is 18.5 Å². The molecule has 0 aromatic heterocycles. The van der Waals surface area contributed by atoms with Crippen LogP contribution in [0.25, 0.3) is 0 Å². The summed E-state index contributed by atoms with van der Waals surface area (Å²) < 4.78 is 0. The molecule has 7 heteroatoms. The normalized spacial score (nSPS) is 25.1. The number of hydrogen-bond donors (Lipinski definition) is 3. The first-order chi connectivity index (χ1) is 11.3. The van der Waals surface area contributed by atoms with E-state index < -0.39 is 29.9 Å². The Morgan fingerprint density at radius 1 is 1.12 bits per heavy atom. The Bertz CT molecular complexity index is 681. The van der Waals surface area contributed by atoms with Crippen LogP contribution in [-0.2, 0) is 15.0 Å². The Hall–Kier alpha value is -2.41. The van der Waals surface area contributed by atoms with Gasteiger partial charge in [0.25, 0.3) is 5.91 Å². The number of rotatable bonds is 4. The smallest absolute Gasteiger partial charge is 0.328 e. The second-order valence-electron chi connectivity index (χ2n) is 6.69. The summed E-state index contributed by atoms with van der Waals surface area (Å²) in [4.78, 5) is 36.6. The maximum Gasteiger partial charge on any atom is 0.328 e. The largest absolute Gasteiger partial charge is 0.480 e. The Kier molecular flexibility index (Phi) is 4.04. The van der Waals surface area contributed by atoms with Gasteiger partial charge in [-0.1, -0.05) is 19.1 Å². The van der Waals surface area contributed by atoms with Crippen molar-refractivity contribution in [1.29, 1.82) is 0 Å².